The second kappa shape index (κ2) is 5.56. The van der Waals surface area contributed by atoms with Gasteiger partial charge in [0, 0.05) is 11.1 Å². The zero-order chi connectivity index (χ0) is 16.9. The molecule has 1 aromatic carbocycles. The first kappa shape index (κ1) is 15.6. The van der Waals surface area contributed by atoms with Gasteiger partial charge in [0.25, 0.3) is 0 Å². The van der Waals surface area contributed by atoms with Crippen LogP contribution in [0.3, 0.4) is 0 Å². The third kappa shape index (κ3) is 2.69. The highest BCUT2D eigenvalue weighted by Gasteiger charge is 2.47. The summed E-state index contributed by atoms with van der Waals surface area (Å²) in [5, 5.41) is 9.58. The van der Waals surface area contributed by atoms with Crippen molar-refractivity contribution in [3.8, 4) is 5.75 Å². The van der Waals surface area contributed by atoms with Crippen LogP contribution in [-0.2, 0) is 9.84 Å². The van der Waals surface area contributed by atoms with E-state index in [0.717, 1.165) is 16.9 Å². The van der Waals surface area contributed by atoms with Gasteiger partial charge in [-0.25, -0.2) is 13.4 Å². The van der Waals surface area contributed by atoms with Crippen LogP contribution in [0, 0.1) is 0 Å². The van der Waals surface area contributed by atoms with Crippen LogP contribution in [0.25, 0.3) is 6.08 Å². The fourth-order valence-corrected chi connectivity index (χ4v) is 5.47. The topological polar surface area (TPSA) is 71.0 Å². The van der Waals surface area contributed by atoms with Gasteiger partial charge in [0.2, 0.25) is 0 Å². The van der Waals surface area contributed by atoms with E-state index >= 15 is 0 Å². The van der Waals surface area contributed by atoms with E-state index in [-0.39, 0.29) is 29.7 Å². The van der Waals surface area contributed by atoms with Gasteiger partial charge in [-0.15, -0.1) is 0 Å². The average Bonchev–Trinajstić information content (AvgIpc) is 2.96. The van der Waals surface area contributed by atoms with Crippen LogP contribution < -0.4 is 10.1 Å². The molecule has 0 spiro atoms. The van der Waals surface area contributed by atoms with E-state index in [1.807, 2.05) is 37.3 Å². The molecule has 2 fully saturated rings. The highest BCUT2D eigenvalue weighted by atomic mass is 32.2. The molecule has 0 radical (unpaired) electrons. The maximum Gasteiger partial charge on any atom is 0.190 e. The van der Waals surface area contributed by atoms with Crippen molar-refractivity contribution in [2.75, 3.05) is 11.5 Å². The van der Waals surface area contributed by atoms with Crippen molar-refractivity contribution < 1.29 is 13.2 Å². The molecule has 0 aromatic heterocycles. The van der Waals surface area contributed by atoms with Gasteiger partial charge in [-0.3, -0.25) is 0 Å². The largest absolute Gasteiger partial charge is 0.485 e. The van der Waals surface area contributed by atoms with E-state index in [1.165, 1.54) is 0 Å². The first-order chi connectivity index (χ1) is 11.4. The minimum absolute atomic E-state index is 0.0794. The predicted octanol–water partition coefficient (Wildman–Crippen LogP) is 1.19. The lowest BCUT2D eigenvalue weighted by Crippen LogP contribution is -2.33. The third-order valence-electron chi connectivity index (χ3n) is 4.50. The van der Waals surface area contributed by atoms with Crippen LogP contribution in [0.4, 0.5) is 0 Å². The Kier molecular flexibility index (Phi) is 3.61. The molecule has 2 saturated heterocycles. The molecule has 3 aliphatic heterocycles. The Balaban J connectivity index is 1.59. The molecule has 0 bridgehead atoms. The summed E-state index contributed by atoms with van der Waals surface area (Å²) in [6.45, 7) is 1.96. The van der Waals surface area contributed by atoms with Crippen molar-refractivity contribution in [1.29, 1.82) is 0 Å². The number of sulfone groups is 1. The first-order valence-corrected chi connectivity index (χ1v) is 9.97. The fraction of sp³-hybridized carbons (Fsp3) is 0.375. The molecule has 1 N–H and O–H groups in total. The lowest BCUT2D eigenvalue weighted by molar-refractivity contribution is 0.260. The molecule has 24 heavy (non-hydrogen) atoms. The Morgan fingerprint density at radius 1 is 1.38 bits per heavy atom. The Labute approximate surface area is 146 Å². The van der Waals surface area contributed by atoms with Gasteiger partial charge in [0.1, 0.15) is 11.9 Å². The van der Waals surface area contributed by atoms with Crippen LogP contribution in [0.15, 0.2) is 34.9 Å². The first-order valence-electron chi connectivity index (χ1n) is 7.74. The SMILES string of the molecule is CC1Oc2ccccc2C=C1C=NN1C(=S)NC2CS(=O)(=O)CC21. The molecule has 3 aliphatic rings. The monoisotopic (exact) mass is 363 g/mol. The molecule has 0 saturated carbocycles. The van der Waals surface area contributed by atoms with Crippen molar-refractivity contribution in [3.63, 3.8) is 0 Å². The average molecular weight is 363 g/mol. The van der Waals surface area contributed by atoms with E-state index in [4.69, 9.17) is 17.0 Å². The highest BCUT2D eigenvalue weighted by Crippen LogP contribution is 2.29. The van der Waals surface area contributed by atoms with Crippen LogP contribution in [0.5, 0.6) is 5.75 Å². The van der Waals surface area contributed by atoms with E-state index in [0.29, 0.717) is 5.11 Å². The second-order valence-electron chi connectivity index (χ2n) is 6.23. The molecule has 3 heterocycles. The normalized spacial score (nSPS) is 30.5. The van der Waals surface area contributed by atoms with Crippen molar-refractivity contribution in [1.82, 2.24) is 10.3 Å². The van der Waals surface area contributed by atoms with Gasteiger partial charge in [-0.1, -0.05) is 18.2 Å². The van der Waals surface area contributed by atoms with Gasteiger partial charge in [-0.2, -0.15) is 5.10 Å². The van der Waals surface area contributed by atoms with Crippen LogP contribution >= 0.6 is 12.2 Å². The van der Waals surface area contributed by atoms with E-state index in [1.54, 1.807) is 11.2 Å². The summed E-state index contributed by atoms with van der Waals surface area (Å²) >= 11 is 5.28. The van der Waals surface area contributed by atoms with Crippen LogP contribution in [0.1, 0.15) is 12.5 Å². The molecule has 8 heteroatoms. The molecule has 0 amide bonds. The quantitative estimate of drug-likeness (QED) is 0.629. The Bertz CT molecular complexity index is 863. The minimum Gasteiger partial charge on any atom is -0.485 e. The molecule has 3 atom stereocenters. The Hall–Kier alpha value is -1.93. The number of hydrogen-bond donors (Lipinski definition) is 1. The maximum absolute atomic E-state index is 11.8. The number of ether oxygens (including phenoxy) is 1. The predicted molar refractivity (Wildman–Crippen MR) is 96.8 cm³/mol. The van der Waals surface area contributed by atoms with E-state index < -0.39 is 9.84 Å². The summed E-state index contributed by atoms with van der Waals surface area (Å²) in [5.74, 6) is 1.04. The fourth-order valence-electron chi connectivity index (χ4n) is 3.25. The standard InChI is InChI=1S/C16H17N3O3S2/c1-10-12(6-11-4-2-3-5-15(11)22-10)7-17-19-14-9-24(20,21)8-13(14)18-16(19)23/h2-7,10,13-14H,8-9H2,1H3,(H,18,23). The third-order valence-corrected chi connectivity index (χ3v) is 6.52. The zero-order valence-corrected chi connectivity index (χ0v) is 14.7. The number of rotatable bonds is 2. The van der Waals surface area contributed by atoms with Crippen molar-refractivity contribution in [3.05, 3.63) is 35.4 Å². The lowest BCUT2D eigenvalue weighted by Gasteiger charge is -2.23. The van der Waals surface area contributed by atoms with Gasteiger partial charge in [0.15, 0.2) is 14.9 Å². The van der Waals surface area contributed by atoms with Crippen molar-refractivity contribution in [2.24, 2.45) is 5.10 Å². The van der Waals surface area contributed by atoms with Crippen LogP contribution in [0.2, 0.25) is 0 Å². The summed E-state index contributed by atoms with van der Waals surface area (Å²) in [4.78, 5) is 0. The van der Waals surface area contributed by atoms with Crippen LogP contribution in [-0.4, -0.2) is 54.4 Å². The number of para-hydroxylation sites is 1. The lowest BCUT2D eigenvalue weighted by atomic mass is 10.0. The number of thiocarbonyl (C=S) groups is 1. The van der Waals surface area contributed by atoms with E-state index in [9.17, 15) is 8.42 Å². The molecule has 0 aliphatic carbocycles. The Morgan fingerprint density at radius 2 is 2.17 bits per heavy atom. The number of benzene rings is 1. The van der Waals surface area contributed by atoms with E-state index in [2.05, 4.69) is 10.4 Å². The van der Waals surface area contributed by atoms with Gasteiger partial charge in [-0.05, 0) is 31.3 Å². The van der Waals surface area contributed by atoms with Crippen molar-refractivity contribution in [2.45, 2.75) is 25.1 Å². The molecule has 3 unspecified atom stereocenters. The molecule has 1 aromatic rings. The smallest absolute Gasteiger partial charge is 0.190 e. The number of hydrazone groups is 1. The zero-order valence-electron chi connectivity index (χ0n) is 13.0. The molecular weight excluding hydrogens is 346 g/mol. The Morgan fingerprint density at radius 3 is 3.00 bits per heavy atom. The minimum atomic E-state index is -3.03. The number of fused-ring (bicyclic) bond motifs is 2. The second-order valence-corrected chi connectivity index (χ2v) is 8.77. The molecule has 6 nitrogen and oxygen atoms in total. The highest BCUT2D eigenvalue weighted by molar-refractivity contribution is 7.91. The van der Waals surface area contributed by atoms with Gasteiger partial charge < -0.3 is 10.1 Å². The number of hydrogen-bond acceptors (Lipinski definition) is 5. The summed E-state index contributed by atoms with van der Waals surface area (Å²) in [6, 6.07) is 7.41. The summed E-state index contributed by atoms with van der Waals surface area (Å²) in [5.41, 5.74) is 1.92. The number of nitrogens with one attached hydrogen (secondary N) is 1. The molecule has 126 valence electrons. The summed E-state index contributed by atoms with van der Waals surface area (Å²) in [6.07, 6.45) is 3.61. The molecular formula is C16H17N3O3S2. The van der Waals surface area contributed by atoms with Gasteiger partial charge in [0.05, 0.1) is 29.8 Å². The molecule has 4 rings (SSSR count). The number of nitrogens with zero attached hydrogens (tertiary/aromatic N) is 2. The van der Waals surface area contributed by atoms with Gasteiger partial charge >= 0.3 is 0 Å². The van der Waals surface area contributed by atoms with Crippen molar-refractivity contribution >= 4 is 39.5 Å². The summed E-state index contributed by atoms with van der Waals surface area (Å²) in [7, 11) is -3.03. The maximum atomic E-state index is 11.8. The summed E-state index contributed by atoms with van der Waals surface area (Å²) < 4.78 is 29.5.